The third kappa shape index (κ3) is 4.13. The van der Waals surface area contributed by atoms with Gasteiger partial charge in [-0.15, -0.1) is 0 Å². The van der Waals surface area contributed by atoms with E-state index >= 15 is 0 Å². The molecule has 0 heterocycles. The molecule has 15 heavy (non-hydrogen) atoms. The van der Waals surface area contributed by atoms with E-state index in [2.05, 4.69) is 0 Å². The van der Waals surface area contributed by atoms with Crippen LogP contribution in [0.15, 0.2) is 24.3 Å². The Morgan fingerprint density at radius 2 is 2.13 bits per heavy atom. The quantitative estimate of drug-likeness (QED) is 0.740. The highest BCUT2D eigenvalue weighted by Gasteiger charge is 2.03. The maximum Gasteiger partial charge on any atom is 0.310 e. The molecular formula is C12H17NO2. The molecule has 0 amide bonds. The zero-order valence-electron chi connectivity index (χ0n) is 9.03. The van der Waals surface area contributed by atoms with Gasteiger partial charge >= 0.3 is 5.97 Å². The van der Waals surface area contributed by atoms with Gasteiger partial charge in [0.2, 0.25) is 0 Å². The standard InChI is InChI=1S/C12H17NO2/c1-2-15-12(14)9-11-5-3-4-10(8-11)6-7-13/h3-5,8H,2,6-7,9,13H2,1H3. The zero-order valence-corrected chi connectivity index (χ0v) is 9.03. The lowest BCUT2D eigenvalue weighted by Gasteiger charge is -2.04. The average molecular weight is 207 g/mol. The van der Waals surface area contributed by atoms with Crippen molar-refractivity contribution in [1.29, 1.82) is 0 Å². The number of carbonyl (C=O) groups is 1. The minimum absolute atomic E-state index is 0.178. The Labute approximate surface area is 90.2 Å². The minimum Gasteiger partial charge on any atom is -0.466 e. The van der Waals surface area contributed by atoms with Gasteiger partial charge in [0.1, 0.15) is 0 Å². The summed E-state index contributed by atoms with van der Waals surface area (Å²) in [7, 11) is 0. The summed E-state index contributed by atoms with van der Waals surface area (Å²) >= 11 is 0. The molecule has 1 aromatic rings. The molecule has 0 fully saturated rings. The summed E-state index contributed by atoms with van der Waals surface area (Å²) in [6.45, 7) is 2.87. The molecule has 0 aliphatic rings. The van der Waals surface area contributed by atoms with Crippen molar-refractivity contribution in [3.63, 3.8) is 0 Å². The maximum atomic E-state index is 11.2. The lowest BCUT2D eigenvalue weighted by Crippen LogP contribution is -2.08. The van der Waals surface area contributed by atoms with Crippen LogP contribution in [-0.2, 0) is 22.4 Å². The molecule has 0 aliphatic heterocycles. The zero-order chi connectivity index (χ0) is 11.1. The van der Waals surface area contributed by atoms with Crippen LogP contribution in [0.3, 0.4) is 0 Å². The second-order valence-electron chi connectivity index (χ2n) is 3.34. The Morgan fingerprint density at radius 3 is 2.80 bits per heavy atom. The van der Waals surface area contributed by atoms with Crippen molar-refractivity contribution in [3.8, 4) is 0 Å². The van der Waals surface area contributed by atoms with Crippen molar-refractivity contribution in [2.24, 2.45) is 5.73 Å². The third-order valence-electron chi connectivity index (χ3n) is 2.08. The van der Waals surface area contributed by atoms with Crippen LogP contribution < -0.4 is 5.73 Å². The molecule has 0 radical (unpaired) electrons. The molecular weight excluding hydrogens is 190 g/mol. The van der Waals surface area contributed by atoms with Crippen LogP contribution in [0.2, 0.25) is 0 Å². The molecule has 2 N–H and O–H groups in total. The predicted octanol–water partition coefficient (Wildman–Crippen LogP) is 1.29. The van der Waals surface area contributed by atoms with Gasteiger partial charge < -0.3 is 10.5 Å². The number of hydrogen-bond donors (Lipinski definition) is 1. The summed E-state index contributed by atoms with van der Waals surface area (Å²) in [5, 5.41) is 0. The molecule has 0 bridgehead atoms. The number of carbonyl (C=O) groups excluding carboxylic acids is 1. The van der Waals surface area contributed by atoms with E-state index in [1.807, 2.05) is 31.2 Å². The first-order chi connectivity index (χ1) is 7.26. The summed E-state index contributed by atoms with van der Waals surface area (Å²) < 4.78 is 4.88. The molecule has 3 nitrogen and oxygen atoms in total. The Kier molecular flexibility index (Phi) is 4.84. The Balaban J connectivity index is 2.60. The fourth-order valence-corrected chi connectivity index (χ4v) is 1.44. The summed E-state index contributed by atoms with van der Waals surface area (Å²) in [5.74, 6) is -0.178. The highest BCUT2D eigenvalue weighted by Crippen LogP contribution is 2.07. The lowest BCUT2D eigenvalue weighted by atomic mass is 10.1. The molecule has 0 unspecified atom stereocenters. The van der Waals surface area contributed by atoms with E-state index in [0.29, 0.717) is 19.6 Å². The molecule has 3 heteroatoms. The highest BCUT2D eigenvalue weighted by molar-refractivity contribution is 5.72. The van der Waals surface area contributed by atoms with Gasteiger partial charge in [-0.2, -0.15) is 0 Å². The normalized spacial score (nSPS) is 10.0. The number of hydrogen-bond acceptors (Lipinski definition) is 3. The van der Waals surface area contributed by atoms with Crippen LogP contribution in [0.5, 0.6) is 0 Å². The van der Waals surface area contributed by atoms with E-state index in [4.69, 9.17) is 10.5 Å². The molecule has 1 aromatic carbocycles. The largest absolute Gasteiger partial charge is 0.466 e. The minimum atomic E-state index is -0.178. The van der Waals surface area contributed by atoms with E-state index in [9.17, 15) is 4.79 Å². The van der Waals surface area contributed by atoms with Crippen LogP contribution >= 0.6 is 0 Å². The molecule has 0 saturated heterocycles. The van der Waals surface area contributed by atoms with Gasteiger partial charge in [-0.3, -0.25) is 4.79 Å². The smallest absolute Gasteiger partial charge is 0.310 e. The van der Waals surface area contributed by atoms with E-state index < -0.39 is 0 Å². The molecule has 0 aromatic heterocycles. The van der Waals surface area contributed by atoms with Crippen LogP contribution in [-0.4, -0.2) is 19.1 Å². The van der Waals surface area contributed by atoms with Gasteiger partial charge in [-0.1, -0.05) is 24.3 Å². The summed E-state index contributed by atoms with van der Waals surface area (Å²) in [6.07, 6.45) is 1.18. The molecule has 0 saturated carbocycles. The van der Waals surface area contributed by atoms with Gasteiger partial charge in [0.15, 0.2) is 0 Å². The summed E-state index contributed by atoms with van der Waals surface area (Å²) in [5.41, 5.74) is 7.62. The second-order valence-corrected chi connectivity index (χ2v) is 3.34. The number of esters is 1. The van der Waals surface area contributed by atoms with Crippen LogP contribution in [0, 0.1) is 0 Å². The van der Waals surface area contributed by atoms with Gasteiger partial charge in [0.25, 0.3) is 0 Å². The molecule has 0 atom stereocenters. The highest BCUT2D eigenvalue weighted by atomic mass is 16.5. The van der Waals surface area contributed by atoms with Crippen molar-refractivity contribution in [3.05, 3.63) is 35.4 Å². The molecule has 0 aliphatic carbocycles. The lowest BCUT2D eigenvalue weighted by molar-refractivity contribution is -0.142. The van der Waals surface area contributed by atoms with Crippen molar-refractivity contribution < 1.29 is 9.53 Å². The van der Waals surface area contributed by atoms with Gasteiger partial charge in [0, 0.05) is 0 Å². The van der Waals surface area contributed by atoms with Crippen molar-refractivity contribution in [2.75, 3.05) is 13.2 Å². The molecule has 1 rings (SSSR count). The summed E-state index contributed by atoms with van der Waals surface area (Å²) in [4.78, 5) is 11.2. The first-order valence-electron chi connectivity index (χ1n) is 5.19. The predicted molar refractivity (Wildman–Crippen MR) is 59.5 cm³/mol. The maximum absolute atomic E-state index is 11.2. The van der Waals surface area contributed by atoms with Gasteiger partial charge in [-0.25, -0.2) is 0 Å². The summed E-state index contributed by atoms with van der Waals surface area (Å²) in [6, 6.07) is 7.89. The Morgan fingerprint density at radius 1 is 1.40 bits per heavy atom. The fraction of sp³-hybridized carbons (Fsp3) is 0.417. The molecule has 82 valence electrons. The number of nitrogens with two attached hydrogens (primary N) is 1. The van der Waals surface area contributed by atoms with Crippen LogP contribution in [0.25, 0.3) is 0 Å². The third-order valence-corrected chi connectivity index (χ3v) is 2.08. The molecule has 0 spiro atoms. The average Bonchev–Trinajstić information content (AvgIpc) is 2.19. The van der Waals surface area contributed by atoms with Crippen LogP contribution in [0.4, 0.5) is 0 Å². The monoisotopic (exact) mass is 207 g/mol. The van der Waals surface area contributed by atoms with Crippen molar-refractivity contribution >= 4 is 5.97 Å². The van der Waals surface area contributed by atoms with Crippen LogP contribution in [0.1, 0.15) is 18.1 Å². The van der Waals surface area contributed by atoms with Crippen molar-refractivity contribution in [2.45, 2.75) is 19.8 Å². The topological polar surface area (TPSA) is 52.3 Å². The number of benzene rings is 1. The second kappa shape index (κ2) is 6.19. The Bertz CT molecular complexity index is 323. The first-order valence-corrected chi connectivity index (χ1v) is 5.19. The van der Waals surface area contributed by atoms with E-state index in [1.54, 1.807) is 0 Å². The Hall–Kier alpha value is -1.35. The van der Waals surface area contributed by atoms with Crippen molar-refractivity contribution in [1.82, 2.24) is 0 Å². The van der Waals surface area contributed by atoms with Gasteiger partial charge in [0.05, 0.1) is 13.0 Å². The van der Waals surface area contributed by atoms with E-state index in [-0.39, 0.29) is 5.97 Å². The van der Waals surface area contributed by atoms with E-state index in [1.165, 1.54) is 5.56 Å². The number of ether oxygens (including phenoxy) is 1. The van der Waals surface area contributed by atoms with E-state index in [0.717, 1.165) is 12.0 Å². The van der Waals surface area contributed by atoms with Gasteiger partial charge in [-0.05, 0) is 31.0 Å². The SMILES string of the molecule is CCOC(=O)Cc1cccc(CCN)c1. The number of rotatable bonds is 5. The first kappa shape index (κ1) is 11.7. The fourth-order valence-electron chi connectivity index (χ4n) is 1.44.